The maximum Gasteiger partial charge on any atom is 0.314 e. The maximum atomic E-state index is 12.0. The van der Waals surface area contributed by atoms with E-state index in [1.54, 1.807) is 0 Å². The number of carbonyl (C=O) groups is 1. The molecule has 0 spiro atoms. The third-order valence-electron chi connectivity index (χ3n) is 5.60. The van der Waals surface area contributed by atoms with Gasteiger partial charge in [0.1, 0.15) is 0 Å². The van der Waals surface area contributed by atoms with Crippen LogP contribution in [0.5, 0.6) is 0 Å². The molecule has 1 fully saturated rings. The monoisotopic (exact) mass is 336 g/mol. The van der Waals surface area contributed by atoms with E-state index in [0.717, 1.165) is 30.0 Å². The molecule has 1 saturated carbocycles. The highest BCUT2D eigenvalue weighted by molar-refractivity contribution is 5.73. The zero-order chi connectivity index (χ0) is 17.2. The summed E-state index contributed by atoms with van der Waals surface area (Å²) in [4.78, 5) is 12.0. The van der Waals surface area contributed by atoms with Gasteiger partial charge in [0.05, 0.1) is 6.61 Å². The predicted molar refractivity (Wildman–Crippen MR) is 97.3 cm³/mol. The molecule has 25 heavy (non-hydrogen) atoms. The summed E-state index contributed by atoms with van der Waals surface area (Å²) in [5.41, 5.74) is 5.05. The molecule has 2 aliphatic rings. The average molecular weight is 336 g/mol. The first-order chi connectivity index (χ1) is 12.3. The first kappa shape index (κ1) is 16.2. The Hall–Kier alpha value is -2.33. The summed E-state index contributed by atoms with van der Waals surface area (Å²) in [5.74, 6) is 1.98. The number of aliphatic hydroxyl groups excluding tert-OH is 1. The predicted octanol–water partition coefficient (Wildman–Crippen LogP) is 2.61. The van der Waals surface area contributed by atoms with E-state index in [2.05, 4.69) is 34.9 Å². The highest BCUT2D eigenvalue weighted by Gasteiger charge is 2.54. The van der Waals surface area contributed by atoms with E-state index < -0.39 is 0 Å². The smallest absolute Gasteiger partial charge is 0.314 e. The normalized spacial score (nSPS) is 22.8. The van der Waals surface area contributed by atoms with Crippen LogP contribution >= 0.6 is 0 Å². The van der Waals surface area contributed by atoms with E-state index in [1.165, 1.54) is 17.5 Å². The van der Waals surface area contributed by atoms with Gasteiger partial charge in [-0.3, -0.25) is 0 Å². The van der Waals surface area contributed by atoms with Crippen LogP contribution in [0.4, 0.5) is 4.79 Å². The van der Waals surface area contributed by atoms with E-state index in [1.807, 2.05) is 24.3 Å². The summed E-state index contributed by atoms with van der Waals surface area (Å²) in [6.45, 7) is 1.44. The van der Waals surface area contributed by atoms with Crippen LogP contribution in [0.15, 0.2) is 48.5 Å². The van der Waals surface area contributed by atoms with E-state index in [-0.39, 0.29) is 12.6 Å². The van der Waals surface area contributed by atoms with Crippen molar-refractivity contribution in [1.82, 2.24) is 10.6 Å². The molecule has 3 unspecified atom stereocenters. The van der Waals surface area contributed by atoms with Crippen LogP contribution in [0.25, 0.3) is 0 Å². The van der Waals surface area contributed by atoms with Crippen LogP contribution in [0, 0.1) is 11.8 Å². The van der Waals surface area contributed by atoms with Gasteiger partial charge in [-0.2, -0.15) is 0 Å². The number of carbonyl (C=O) groups excluding carboxylic acids is 1. The molecule has 2 aromatic carbocycles. The van der Waals surface area contributed by atoms with E-state index in [9.17, 15) is 4.79 Å². The molecule has 2 aromatic rings. The Labute approximate surface area is 148 Å². The minimum absolute atomic E-state index is 0.0641. The summed E-state index contributed by atoms with van der Waals surface area (Å²) < 4.78 is 0. The molecule has 0 radical (unpaired) electrons. The van der Waals surface area contributed by atoms with Crippen molar-refractivity contribution in [2.24, 2.45) is 11.8 Å². The van der Waals surface area contributed by atoms with Gasteiger partial charge >= 0.3 is 6.03 Å². The molecule has 0 bridgehead atoms. The lowest BCUT2D eigenvalue weighted by Gasteiger charge is -2.10. The molecule has 0 aromatic heterocycles. The molecule has 3 N–H and O–H groups in total. The Kier molecular flexibility index (Phi) is 4.45. The van der Waals surface area contributed by atoms with Gasteiger partial charge in [0.15, 0.2) is 0 Å². The fourth-order valence-corrected chi connectivity index (χ4v) is 4.17. The number of amides is 2. The lowest BCUT2D eigenvalue weighted by Crippen LogP contribution is -2.38. The van der Waals surface area contributed by atoms with Gasteiger partial charge in [0, 0.05) is 13.1 Å². The Morgan fingerprint density at radius 2 is 1.80 bits per heavy atom. The molecule has 4 nitrogen and oxygen atoms in total. The molecule has 4 heteroatoms. The molecule has 0 heterocycles. The van der Waals surface area contributed by atoms with E-state index in [0.29, 0.717) is 18.4 Å². The summed E-state index contributed by atoms with van der Waals surface area (Å²) in [5, 5.41) is 15.0. The fourth-order valence-electron chi connectivity index (χ4n) is 4.17. The Balaban J connectivity index is 1.17. The van der Waals surface area contributed by atoms with Crippen molar-refractivity contribution in [3.63, 3.8) is 0 Å². The van der Waals surface area contributed by atoms with Crippen molar-refractivity contribution < 1.29 is 9.90 Å². The van der Waals surface area contributed by atoms with Crippen molar-refractivity contribution in [3.05, 3.63) is 70.8 Å². The highest BCUT2D eigenvalue weighted by atomic mass is 16.3. The number of hydrogen-bond donors (Lipinski definition) is 3. The number of rotatable bonds is 6. The molecule has 0 saturated heterocycles. The summed E-state index contributed by atoms with van der Waals surface area (Å²) in [6, 6.07) is 16.4. The largest absolute Gasteiger partial charge is 0.392 e. The topological polar surface area (TPSA) is 61.4 Å². The van der Waals surface area contributed by atoms with Crippen LogP contribution in [0.2, 0.25) is 0 Å². The third-order valence-corrected chi connectivity index (χ3v) is 5.60. The lowest BCUT2D eigenvalue weighted by atomic mass is 10.0. The minimum Gasteiger partial charge on any atom is -0.392 e. The summed E-state index contributed by atoms with van der Waals surface area (Å²) in [7, 11) is 0. The molecule has 4 rings (SSSR count). The Bertz CT molecular complexity index is 757. The Morgan fingerprint density at radius 1 is 1.04 bits per heavy atom. The quantitative estimate of drug-likeness (QED) is 0.759. The zero-order valence-corrected chi connectivity index (χ0v) is 14.2. The van der Waals surface area contributed by atoms with Crippen LogP contribution in [-0.2, 0) is 19.4 Å². The molecule has 2 aliphatic carbocycles. The molecule has 3 atom stereocenters. The molecule has 130 valence electrons. The number of urea groups is 1. The van der Waals surface area contributed by atoms with Crippen LogP contribution in [0.1, 0.15) is 28.2 Å². The Morgan fingerprint density at radius 3 is 2.60 bits per heavy atom. The number of hydrogen-bond acceptors (Lipinski definition) is 2. The first-order valence-electron chi connectivity index (χ1n) is 9.04. The minimum atomic E-state index is -0.0785. The number of aliphatic hydroxyl groups is 1. The van der Waals surface area contributed by atoms with Crippen LogP contribution < -0.4 is 10.6 Å². The number of benzene rings is 2. The van der Waals surface area contributed by atoms with Crippen LogP contribution in [0.3, 0.4) is 0 Å². The van der Waals surface area contributed by atoms with E-state index >= 15 is 0 Å². The van der Waals surface area contributed by atoms with Crippen molar-refractivity contribution in [1.29, 1.82) is 0 Å². The highest BCUT2D eigenvalue weighted by Crippen LogP contribution is 2.60. The molecular weight excluding hydrogens is 312 g/mol. The third kappa shape index (κ3) is 3.40. The molecular formula is C21H24N2O2. The fraction of sp³-hybridized carbons (Fsp3) is 0.381. The summed E-state index contributed by atoms with van der Waals surface area (Å²) >= 11 is 0. The van der Waals surface area contributed by atoms with E-state index in [4.69, 9.17) is 5.11 Å². The second-order valence-electron chi connectivity index (χ2n) is 7.12. The van der Waals surface area contributed by atoms with Gasteiger partial charge in [0.2, 0.25) is 0 Å². The van der Waals surface area contributed by atoms with Gasteiger partial charge in [-0.05, 0) is 52.8 Å². The molecule has 0 aliphatic heterocycles. The number of fused-ring (bicyclic) bond motifs is 3. The first-order valence-corrected chi connectivity index (χ1v) is 9.04. The summed E-state index contributed by atoms with van der Waals surface area (Å²) in [6.07, 6.45) is 1.96. The van der Waals surface area contributed by atoms with Gasteiger partial charge in [-0.25, -0.2) is 4.79 Å². The standard InChI is InChI=1S/C21H24N2O2/c24-13-15-7-5-14(6-8-15)9-10-22-21(25)23-12-19-18-11-16-3-1-2-4-17(16)20(18)19/h1-8,18-20,24H,9-13H2,(H2,22,23,25). The van der Waals surface area contributed by atoms with Crippen molar-refractivity contribution in [2.75, 3.05) is 13.1 Å². The SMILES string of the molecule is O=C(NCCc1ccc(CO)cc1)NCC1C2Cc3ccccc3C12. The van der Waals surface area contributed by atoms with Crippen molar-refractivity contribution in [3.8, 4) is 0 Å². The number of nitrogens with one attached hydrogen (secondary N) is 2. The van der Waals surface area contributed by atoms with Gasteiger partial charge in [0.25, 0.3) is 0 Å². The molecule has 2 amide bonds. The maximum absolute atomic E-state index is 12.0. The second-order valence-corrected chi connectivity index (χ2v) is 7.12. The zero-order valence-electron chi connectivity index (χ0n) is 14.2. The van der Waals surface area contributed by atoms with Gasteiger partial charge in [-0.15, -0.1) is 0 Å². The van der Waals surface area contributed by atoms with Gasteiger partial charge in [-0.1, -0.05) is 48.5 Å². The van der Waals surface area contributed by atoms with Crippen molar-refractivity contribution >= 4 is 6.03 Å². The van der Waals surface area contributed by atoms with Crippen LogP contribution in [-0.4, -0.2) is 24.2 Å². The average Bonchev–Trinajstić information content (AvgIpc) is 3.18. The van der Waals surface area contributed by atoms with Gasteiger partial charge < -0.3 is 15.7 Å². The van der Waals surface area contributed by atoms with Crippen molar-refractivity contribution in [2.45, 2.75) is 25.4 Å². The lowest BCUT2D eigenvalue weighted by molar-refractivity contribution is 0.240. The second kappa shape index (κ2) is 6.89.